The molecule has 0 saturated carbocycles. The van der Waals surface area contributed by atoms with E-state index in [1.165, 1.54) is 10.2 Å². The zero-order valence-electron chi connectivity index (χ0n) is 12.4. The van der Waals surface area contributed by atoms with Crippen LogP contribution in [0.2, 0.25) is 0 Å². The van der Waals surface area contributed by atoms with Gasteiger partial charge in [-0.15, -0.1) is 0 Å². The van der Waals surface area contributed by atoms with Crippen molar-refractivity contribution in [3.63, 3.8) is 0 Å². The lowest BCUT2D eigenvalue weighted by molar-refractivity contribution is 0.522. The van der Waals surface area contributed by atoms with E-state index in [0.717, 1.165) is 17.6 Å². The minimum absolute atomic E-state index is 0.0605. The fraction of sp³-hybridized carbons (Fsp3) is 0.375. The first kappa shape index (κ1) is 15.8. The molecular formula is C16H20BrN3O. The van der Waals surface area contributed by atoms with Crippen molar-refractivity contribution in [1.29, 1.82) is 0 Å². The van der Waals surface area contributed by atoms with Gasteiger partial charge >= 0.3 is 0 Å². The van der Waals surface area contributed by atoms with Gasteiger partial charge < -0.3 is 4.90 Å². The van der Waals surface area contributed by atoms with Crippen molar-refractivity contribution in [2.75, 3.05) is 23.8 Å². The smallest absolute Gasteiger partial charge is 0.268 e. The van der Waals surface area contributed by atoms with Crippen molar-refractivity contribution in [2.24, 2.45) is 0 Å². The van der Waals surface area contributed by atoms with E-state index in [0.29, 0.717) is 6.54 Å². The van der Waals surface area contributed by atoms with E-state index < -0.39 is 0 Å². The molecule has 0 spiro atoms. The first-order valence-corrected chi connectivity index (χ1v) is 8.17. The number of anilines is 1. The molecule has 5 heteroatoms. The molecule has 0 aliphatic rings. The molecule has 21 heavy (non-hydrogen) atoms. The number of nitrogens with zero attached hydrogens (tertiary/aromatic N) is 3. The van der Waals surface area contributed by atoms with Gasteiger partial charge in [-0.2, -0.15) is 5.10 Å². The number of halogens is 1. The summed E-state index contributed by atoms with van der Waals surface area (Å²) in [5, 5.41) is 5.10. The highest BCUT2D eigenvalue weighted by Gasteiger charge is 2.13. The summed E-state index contributed by atoms with van der Waals surface area (Å²) in [4.78, 5) is 14.2. The van der Waals surface area contributed by atoms with Gasteiger partial charge in [0, 0.05) is 30.9 Å². The number of alkyl halides is 1. The minimum atomic E-state index is -0.0605. The fourth-order valence-electron chi connectivity index (χ4n) is 2.13. The molecule has 1 aromatic carbocycles. The standard InChI is InChI=1S/C16H20BrN3O/c1-3-19(2)15-9-16(21)20(18-11-15)12-14(10-17)13-7-5-4-6-8-13/h4-9,11,14H,3,10,12H2,1-2H3. The van der Waals surface area contributed by atoms with Crippen molar-refractivity contribution >= 4 is 21.6 Å². The third-order valence-electron chi connectivity index (χ3n) is 3.62. The lowest BCUT2D eigenvalue weighted by atomic mass is 10.0. The fourth-order valence-corrected chi connectivity index (χ4v) is 2.71. The van der Waals surface area contributed by atoms with Crippen LogP contribution < -0.4 is 10.5 Å². The zero-order chi connectivity index (χ0) is 15.2. The Morgan fingerprint density at radius 3 is 2.62 bits per heavy atom. The molecule has 0 radical (unpaired) electrons. The molecule has 2 aromatic rings. The molecule has 0 aliphatic carbocycles. The second-order valence-electron chi connectivity index (χ2n) is 5.01. The Balaban J connectivity index is 2.21. The van der Waals surface area contributed by atoms with E-state index >= 15 is 0 Å². The summed E-state index contributed by atoms with van der Waals surface area (Å²) in [5.41, 5.74) is 2.00. The first-order chi connectivity index (χ1) is 10.2. The maximum absolute atomic E-state index is 12.2. The van der Waals surface area contributed by atoms with Gasteiger partial charge in [-0.3, -0.25) is 4.79 Å². The second kappa shape index (κ2) is 7.41. The molecule has 0 fully saturated rings. The quantitative estimate of drug-likeness (QED) is 0.752. The van der Waals surface area contributed by atoms with Crippen LogP contribution in [0.4, 0.5) is 5.69 Å². The molecule has 1 heterocycles. The van der Waals surface area contributed by atoms with Crippen molar-refractivity contribution in [1.82, 2.24) is 9.78 Å². The van der Waals surface area contributed by atoms with Crippen LogP contribution in [0.25, 0.3) is 0 Å². The summed E-state index contributed by atoms with van der Waals surface area (Å²) in [6, 6.07) is 11.8. The summed E-state index contributed by atoms with van der Waals surface area (Å²) >= 11 is 3.53. The molecule has 0 aliphatic heterocycles. The summed E-state index contributed by atoms with van der Waals surface area (Å²) in [6.45, 7) is 3.46. The molecule has 1 unspecified atom stereocenters. The lowest BCUT2D eigenvalue weighted by Crippen LogP contribution is -2.28. The van der Waals surface area contributed by atoms with E-state index in [2.05, 4.69) is 33.2 Å². The van der Waals surface area contributed by atoms with Crippen LogP contribution in [0.15, 0.2) is 47.4 Å². The summed E-state index contributed by atoms with van der Waals surface area (Å²) in [5.74, 6) is 0.228. The average Bonchev–Trinajstić information content (AvgIpc) is 2.53. The van der Waals surface area contributed by atoms with Crippen LogP contribution in [0, 0.1) is 0 Å². The number of hydrogen-bond acceptors (Lipinski definition) is 3. The van der Waals surface area contributed by atoms with Gasteiger partial charge in [-0.25, -0.2) is 4.68 Å². The Kier molecular flexibility index (Phi) is 5.56. The van der Waals surface area contributed by atoms with Gasteiger partial charge in [-0.1, -0.05) is 46.3 Å². The highest BCUT2D eigenvalue weighted by molar-refractivity contribution is 9.09. The van der Waals surface area contributed by atoms with Crippen molar-refractivity contribution in [3.8, 4) is 0 Å². The highest BCUT2D eigenvalue weighted by Crippen LogP contribution is 2.19. The summed E-state index contributed by atoms with van der Waals surface area (Å²) in [6.07, 6.45) is 1.75. The third-order valence-corrected chi connectivity index (χ3v) is 4.40. The van der Waals surface area contributed by atoms with E-state index in [1.54, 1.807) is 12.3 Å². The molecule has 2 rings (SSSR count). The van der Waals surface area contributed by atoms with E-state index in [-0.39, 0.29) is 11.5 Å². The number of benzene rings is 1. The average molecular weight is 350 g/mol. The van der Waals surface area contributed by atoms with Crippen LogP contribution in [-0.4, -0.2) is 28.7 Å². The third kappa shape index (κ3) is 3.94. The second-order valence-corrected chi connectivity index (χ2v) is 5.66. The molecule has 0 N–H and O–H groups in total. The molecule has 0 saturated heterocycles. The molecular weight excluding hydrogens is 330 g/mol. The first-order valence-electron chi connectivity index (χ1n) is 7.05. The van der Waals surface area contributed by atoms with E-state index in [9.17, 15) is 4.79 Å². The highest BCUT2D eigenvalue weighted by atomic mass is 79.9. The maximum Gasteiger partial charge on any atom is 0.268 e. The molecule has 112 valence electrons. The van der Waals surface area contributed by atoms with Crippen molar-refractivity contribution in [2.45, 2.75) is 19.4 Å². The van der Waals surface area contributed by atoms with Crippen molar-refractivity contribution < 1.29 is 0 Å². The lowest BCUT2D eigenvalue weighted by Gasteiger charge is -2.18. The Morgan fingerprint density at radius 2 is 2.05 bits per heavy atom. The van der Waals surface area contributed by atoms with Crippen LogP contribution in [-0.2, 0) is 6.54 Å². The molecule has 1 aromatic heterocycles. The van der Waals surface area contributed by atoms with Crippen LogP contribution in [0.5, 0.6) is 0 Å². The Hall–Kier alpha value is -1.62. The molecule has 4 nitrogen and oxygen atoms in total. The van der Waals surface area contributed by atoms with E-state index in [4.69, 9.17) is 0 Å². The van der Waals surface area contributed by atoms with E-state index in [1.807, 2.05) is 37.1 Å². The molecule has 1 atom stereocenters. The van der Waals surface area contributed by atoms with Gasteiger partial charge in [0.2, 0.25) is 0 Å². The van der Waals surface area contributed by atoms with Gasteiger partial charge in [0.1, 0.15) is 0 Å². The predicted octanol–water partition coefficient (Wildman–Crippen LogP) is 2.88. The number of rotatable bonds is 6. The van der Waals surface area contributed by atoms with Gasteiger partial charge in [0.25, 0.3) is 5.56 Å². The summed E-state index contributed by atoms with van der Waals surface area (Å²) < 4.78 is 1.53. The summed E-state index contributed by atoms with van der Waals surface area (Å²) in [7, 11) is 1.95. The Labute approximate surface area is 133 Å². The van der Waals surface area contributed by atoms with Crippen molar-refractivity contribution in [3.05, 3.63) is 58.5 Å². The monoisotopic (exact) mass is 349 g/mol. The number of hydrogen-bond donors (Lipinski definition) is 0. The Morgan fingerprint density at radius 1 is 1.33 bits per heavy atom. The van der Waals surface area contributed by atoms with Gasteiger partial charge in [0.05, 0.1) is 18.4 Å². The molecule has 0 amide bonds. The van der Waals surface area contributed by atoms with Gasteiger partial charge in [0.15, 0.2) is 0 Å². The maximum atomic E-state index is 12.2. The minimum Gasteiger partial charge on any atom is -0.373 e. The van der Waals surface area contributed by atoms with Crippen LogP contribution in [0.1, 0.15) is 18.4 Å². The predicted molar refractivity (Wildman–Crippen MR) is 90.4 cm³/mol. The number of aromatic nitrogens is 2. The van der Waals surface area contributed by atoms with Gasteiger partial charge in [-0.05, 0) is 12.5 Å². The Bertz CT molecular complexity index is 627. The van der Waals surface area contributed by atoms with Crippen LogP contribution >= 0.6 is 15.9 Å². The topological polar surface area (TPSA) is 38.1 Å². The normalized spacial score (nSPS) is 12.1. The SMILES string of the molecule is CCN(C)c1cnn(CC(CBr)c2ccccc2)c(=O)c1. The van der Waals surface area contributed by atoms with Crippen LogP contribution in [0.3, 0.4) is 0 Å². The largest absolute Gasteiger partial charge is 0.373 e. The molecule has 0 bridgehead atoms. The zero-order valence-corrected chi connectivity index (χ0v) is 14.0.